The highest BCUT2D eigenvalue weighted by atomic mass is 19.1. The van der Waals surface area contributed by atoms with Crippen LogP contribution in [-0.4, -0.2) is 14.5 Å². The number of hydrogen-bond acceptors (Lipinski definition) is 4. The van der Waals surface area contributed by atoms with Gasteiger partial charge in [-0.3, -0.25) is 4.79 Å². The topological polar surface area (TPSA) is 57.0 Å². The first-order chi connectivity index (χ1) is 13.4. The summed E-state index contributed by atoms with van der Waals surface area (Å²) in [4.78, 5) is 21.6. The van der Waals surface area contributed by atoms with Gasteiger partial charge in [0.15, 0.2) is 5.82 Å². The van der Waals surface area contributed by atoms with E-state index in [1.54, 1.807) is 23.0 Å². The SMILES string of the molecule is CCCCCn1ccc2cc(-c3ncc4c(n3)COC4(C)C)c(F)cc2c1=O. The van der Waals surface area contributed by atoms with E-state index >= 15 is 0 Å². The number of aromatic nitrogens is 3. The van der Waals surface area contributed by atoms with Crippen molar-refractivity contribution in [2.45, 2.75) is 58.8 Å². The Hall–Kier alpha value is -2.60. The lowest BCUT2D eigenvalue weighted by molar-refractivity contribution is -0.00849. The van der Waals surface area contributed by atoms with E-state index in [1.165, 1.54) is 6.07 Å². The normalized spacial score (nSPS) is 15.1. The summed E-state index contributed by atoms with van der Waals surface area (Å²) in [5.74, 6) is -0.180. The molecule has 4 rings (SSSR count). The van der Waals surface area contributed by atoms with Crippen LogP contribution < -0.4 is 5.56 Å². The maximum Gasteiger partial charge on any atom is 0.258 e. The molecular weight excluding hydrogens is 357 g/mol. The molecule has 0 aliphatic carbocycles. The lowest BCUT2D eigenvalue weighted by Crippen LogP contribution is -2.19. The maximum absolute atomic E-state index is 14.9. The summed E-state index contributed by atoms with van der Waals surface area (Å²) in [6, 6.07) is 4.82. The Bertz CT molecular complexity index is 1100. The second-order valence-corrected chi connectivity index (χ2v) is 7.79. The van der Waals surface area contributed by atoms with Crippen LogP contribution in [-0.2, 0) is 23.5 Å². The molecule has 0 radical (unpaired) electrons. The molecule has 0 saturated carbocycles. The Morgan fingerprint density at radius 1 is 1.29 bits per heavy atom. The summed E-state index contributed by atoms with van der Waals surface area (Å²) in [6.45, 7) is 7.08. The van der Waals surface area contributed by atoms with Crippen LogP contribution in [0, 0.1) is 5.82 Å². The van der Waals surface area contributed by atoms with Crippen molar-refractivity contribution in [1.82, 2.24) is 14.5 Å². The quantitative estimate of drug-likeness (QED) is 0.608. The second-order valence-electron chi connectivity index (χ2n) is 7.79. The molecule has 1 aromatic carbocycles. The molecule has 0 bridgehead atoms. The number of hydrogen-bond donors (Lipinski definition) is 0. The zero-order valence-electron chi connectivity index (χ0n) is 16.5. The van der Waals surface area contributed by atoms with Crippen molar-refractivity contribution >= 4 is 10.8 Å². The molecule has 146 valence electrons. The summed E-state index contributed by atoms with van der Waals surface area (Å²) in [7, 11) is 0. The molecule has 28 heavy (non-hydrogen) atoms. The van der Waals surface area contributed by atoms with Crippen molar-refractivity contribution in [3.63, 3.8) is 0 Å². The van der Waals surface area contributed by atoms with E-state index in [4.69, 9.17) is 4.74 Å². The molecular formula is C22H24FN3O2. The van der Waals surface area contributed by atoms with Gasteiger partial charge in [0, 0.05) is 24.5 Å². The van der Waals surface area contributed by atoms with Crippen LogP contribution >= 0.6 is 0 Å². The molecule has 6 heteroatoms. The van der Waals surface area contributed by atoms with Crippen molar-refractivity contribution in [3.05, 3.63) is 58.0 Å². The summed E-state index contributed by atoms with van der Waals surface area (Å²) < 4.78 is 22.3. The van der Waals surface area contributed by atoms with Gasteiger partial charge in [-0.2, -0.15) is 0 Å². The molecule has 2 aromatic heterocycles. The van der Waals surface area contributed by atoms with Gasteiger partial charge in [-0.15, -0.1) is 0 Å². The summed E-state index contributed by atoms with van der Waals surface area (Å²) in [6.07, 6.45) is 6.57. The number of pyridine rings is 1. The minimum atomic E-state index is -0.492. The molecule has 1 aliphatic rings. The summed E-state index contributed by atoms with van der Waals surface area (Å²) in [5, 5.41) is 1.07. The van der Waals surface area contributed by atoms with Gasteiger partial charge in [0.1, 0.15) is 5.82 Å². The molecule has 3 aromatic rings. The molecule has 0 atom stereocenters. The van der Waals surface area contributed by atoms with Gasteiger partial charge >= 0.3 is 0 Å². The average molecular weight is 381 g/mol. The number of halogens is 1. The van der Waals surface area contributed by atoms with E-state index in [1.807, 2.05) is 19.9 Å². The monoisotopic (exact) mass is 381 g/mol. The third-order valence-electron chi connectivity index (χ3n) is 5.39. The van der Waals surface area contributed by atoms with Gasteiger partial charge in [-0.25, -0.2) is 14.4 Å². The molecule has 0 saturated heterocycles. The Morgan fingerprint density at radius 3 is 2.89 bits per heavy atom. The van der Waals surface area contributed by atoms with Crippen LogP contribution in [0.15, 0.2) is 35.4 Å². The van der Waals surface area contributed by atoms with Crippen LogP contribution in [0.4, 0.5) is 4.39 Å². The highest BCUT2D eigenvalue weighted by Crippen LogP contribution is 2.35. The van der Waals surface area contributed by atoms with Crippen LogP contribution in [0.1, 0.15) is 51.3 Å². The minimum absolute atomic E-state index is 0.163. The fourth-order valence-corrected chi connectivity index (χ4v) is 3.67. The lowest BCUT2D eigenvalue weighted by Gasteiger charge is -2.17. The Labute approximate surface area is 163 Å². The minimum Gasteiger partial charge on any atom is -0.364 e. The molecule has 3 heterocycles. The molecule has 5 nitrogen and oxygen atoms in total. The fraction of sp³-hybridized carbons (Fsp3) is 0.409. The Kier molecular flexibility index (Phi) is 4.75. The van der Waals surface area contributed by atoms with Gasteiger partial charge < -0.3 is 9.30 Å². The number of unbranched alkanes of at least 4 members (excludes halogenated alkanes) is 2. The van der Waals surface area contributed by atoms with E-state index in [9.17, 15) is 9.18 Å². The Balaban J connectivity index is 1.75. The molecule has 0 fully saturated rings. The van der Waals surface area contributed by atoms with Gasteiger partial charge in [0.2, 0.25) is 0 Å². The summed E-state index contributed by atoms with van der Waals surface area (Å²) >= 11 is 0. The van der Waals surface area contributed by atoms with Gasteiger partial charge in [0.25, 0.3) is 5.56 Å². The third kappa shape index (κ3) is 3.22. The highest BCUT2D eigenvalue weighted by molar-refractivity contribution is 5.86. The van der Waals surface area contributed by atoms with Crippen molar-refractivity contribution in [2.24, 2.45) is 0 Å². The predicted octanol–water partition coefficient (Wildman–Crippen LogP) is 4.55. The van der Waals surface area contributed by atoms with Crippen LogP contribution in [0.5, 0.6) is 0 Å². The lowest BCUT2D eigenvalue weighted by atomic mass is 10.0. The first-order valence-electron chi connectivity index (χ1n) is 9.74. The molecule has 0 spiro atoms. The van der Waals surface area contributed by atoms with E-state index in [0.717, 1.165) is 30.5 Å². The third-order valence-corrected chi connectivity index (χ3v) is 5.39. The molecule has 0 N–H and O–H groups in total. The van der Waals surface area contributed by atoms with Gasteiger partial charge in [-0.1, -0.05) is 19.8 Å². The van der Waals surface area contributed by atoms with E-state index in [0.29, 0.717) is 35.3 Å². The van der Waals surface area contributed by atoms with Crippen LogP contribution in [0.25, 0.3) is 22.2 Å². The van der Waals surface area contributed by atoms with Gasteiger partial charge in [0.05, 0.1) is 28.9 Å². The van der Waals surface area contributed by atoms with Crippen LogP contribution in [0.3, 0.4) is 0 Å². The Morgan fingerprint density at radius 2 is 2.11 bits per heavy atom. The van der Waals surface area contributed by atoms with Crippen molar-refractivity contribution in [3.8, 4) is 11.4 Å². The number of benzene rings is 1. The number of ether oxygens (including phenoxy) is 1. The number of rotatable bonds is 5. The molecule has 1 aliphatic heterocycles. The van der Waals surface area contributed by atoms with Crippen LogP contribution in [0.2, 0.25) is 0 Å². The first-order valence-corrected chi connectivity index (χ1v) is 9.74. The summed E-state index contributed by atoms with van der Waals surface area (Å²) in [5.41, 5.74) is 1.40. The molecule has 0 amide bonds. The largest absolute Gasteiger partial charge is 0.364 e. The predicted molar refractivity (Wildman–Crippen MR) is 107 cm³/mol. The van der Waals surface area contributed by atoms with E-state index in [-0.39, 0.29) is 5.56 Å². The number of nitrogens with zero attached hydrogens (tertiary/aromatic N) is 3. The standard InChI is InChI=1S/C22H24FN3O2/c1-4-5-6-8-26-9-7-14-10-16(18(23)11-15(14)21(26)27)20-24-12-17-19(25-20)13-28-22(17,2)3/h7,9-12H,4-6,8,13H2,1-3H3. The smallest absolute Gasteiger partial charge is 0.258 e. The first kappa shape index (κ1) is 18.7. The van der Waals surface area contributed by atoms with Crippen molar-refractivity contribution in [1.29, 1.82) is 0 Å². The van der Waals surface area contributed by atoms with E-state index in [2.05, 4.69) is 16.9 Å². The second kappa shape index (κ2) is 7.09. The van der Waals surface area contributed by atoms with E-state index < -0.39 is 11.4 Å². The van der Waals surface area contributed by atoms with Crippen molar-refractivity contribution < 1.29 is 9.13 Å². The number of fused-ring (bicyclic) bond motifs is 2. The number of aryl methyl sites for hydroxylation is 1. The molecule has 0 unspecified atom stereocenters. The zero-order valence-corrected chi connectivity index (χ0v) is 16.5. The average Bonchev–Trinajstić information content (AvgIpc) is 2.98. The van der Waals surface area contributed by atoms with Crippen molar-refractivity contribution in [2.75, 3.05) is 0 Å². The highest BCUT2D eigenvalue weighted by Gasteiger charge is 2.32. The maximum atomic E-state index is 14.9. The fourth-order valence-electron chi connectivity index (χ4n) is 3.67. The zero-order chi connectivity index (χ0) is 19.9. The van der Waals surface area contributed by atoms with Gasteiger partial charge in [-0.05, 0) is 43.9 Å².